The summed E-state index contributed by atoms with van der Waals surface area (Å²) in [5.74, 6) is 0.800. The van der Waals surface area contributed by atoms with Crippen molar-refractivity contribution in [3.8, 4) is 11.5 Å². The number of benzene rings is 3. The van der Waals surface area contributed by atoms with Crippen LogP contribution < -0.4 is 20.5 Å². The summed E-state index contributed by atoms with van der Waals surface area (Å²) in [4.78, 5) is 12.4. The number of nitrogen functional groups attached to an aromatic ring is 1. The van der Waals surface area contributed by atoms with Crippen LogP contribution in [-0.2, 0) is 0 Å². The van der Waals surface area contributed by atoms with E-state index in [1.165, 1.54) is 0 Å². The van der Waals surface area contributed by atoms with E-state index in [0.717, 1.165) is 29.6 Å². The third-order valence-electron chi connectivity index (χ3n) is 4.47. The lowest BCUT2D eigenvalue weighted by Gasteiger charge is -2.27. The van der Waals surface area contributed by atoms with Gasteiger partial charge in [0, 0.05) is 18.7 Å². The van der Waals surface area contributed by atoms with E-state index in [9.17, 15) is 4.79 Å². The van der Waals surface area contributed by atoms with Gasteiger partial charge in [0.15, 0.2) is 0 Å². The van der Waals surface area contributed by atoms with E-state index in [4.69, 9.17) is 20.6 Å². The molecule has 0 aromatic heterocycles. The van der Waals surface area contributed by atoms with Gasteiger partial charge >= 0.3 is 5.97 Å². The van der Waals surface area contributed by atoms with Gasteiger partial charge in [-0.1, -0.05) is 18.2 Å². The lowest BCUT2D eigenvalue weighted by atomic mass is 10.1. The molecule has 0 unspecified atom stereocenters. The van der Waals surface area contributed by atoms with Crippen LogP contribution in [0.5, 0.6) is 11.5 Å². The number of hydrogen-bond donors (Lipinski definition) is 3. The Morgan fingerprint density at radius 3 is 2.22 bits per heavy atom. The zero-order valence-electron chi connectivity index (χ0n) is 14.6. The highest BCUT2D eigenvalue weighted by atomic mass is 16.5. The van der Waals surface area contributed by atoms with Crippen LogP contribution in [0.3, 0.4) is 0 Å². The van der Waals surface area contributed by atoms with Gasteiger partial charge in [-0.3, -0.25) is 5.41 Å². The molecule has 1 aliphatic heterocycles. The van der Waals surface area contributed by atoms with Crippen LogP contribution in [0.2, 0.25) is 0 Å². The Morgan fingerprint density at radius 1 is 0.926 bits per heavy atom. The van der Waals surface area contributed by atoms with Crippen molar-refractivity contribution in [3.63, 3.8) is 0 Å². The Morgan fingerprint density at radius 2 is 1.56 bits per heavy atom. The summed E-state index contributed by atoms with van der Waals surface area (Å²) < 4.78 is 11.2. The van der Waals surface area contributed by atoms with E-state index in [2.05, 4.69) is 5.32 Å². The number of nitrogens with one attached hydrogen (secondary N) is 2. The molecule has 6 heteroatoms. The summed E-state index contributed by atoms with van der Waals surface area (Å²) >= 11 is 0. The van der Waals surface area contributed by atoms with E-state index in [1.807, 2.05) is 18.2 Å². The molecule has 6 nitrogen and oxygen atoms in total. The average Bonchev–Trinajstić information content (AvgIpc) is 2.64. The maximum Gasteiger partial charge on any atom is 0.343 e. The minimum Gasteiger partial charge on any atom is -0.488 e. The summed E-state index contributed by atoms with van der Waals surface area (Å²) in [5, 5.41) is 12.5. The van der Waals surface area contributed by atoms with Crippen LogP contribution >= 0.6 is 0 Å². The normalized spacial score (nSPS) is 13.8. The third-order valence-corrected chi connectivity index (χ3v) is 4.47. The second-order valence-electron chi connectivity index (χ2n) is 6.45. The quantitative estimate of drug-likeness (QED) is 0.281. The first-order valence-corrected chi connectivity index (χ1v) is 8.66. The van der Waals surface area contributed by atoms with Crippen LogP contribution in [0.4, 0.5) is 0 Å². The number of fused-ring (bicyclic) bond motifs is 1. The maximum atomic E-state index is 12.4. The smallest absolute Gasteiger partial charge is 0.343 e. The van der Waals surface area contributed by atoms with Gasteiger partial charge in [0.25, 0.3) is 0 Å². The fourth-order valence-electron chi connectivity index (χ4n) is 2.83. The van der Waals surface area contributed by atoms with Gasteiger partial charge in [0.1, 0.15) is 23.4 Å². The molecule has 3 aromatic rings. The van der Waals surface area contributed by atoms with Gasteiger partial charge in [-0.25, -0.2) is 4.79 Å². The van der Waals surface area contributed by atoms with Crippen LogP contribution in [0.25, 0.3) is 10.8 Å². The fourth-order valence-corrected chi connectivity index (χ4v) is 2.83. The van der Waals surface area contributed by atoms with Gasteiger partial charge in [-0.05, 0) is 53.2 Å². The van der Waals surface area contributed by atoms with Crippen molar-refractivity contribution in [2.24, 2.45) is 5.73 Å². The second kappa shape index (κ2) is 7.09. The minimum atomic E-state index is -0.424. The molecule has 1 saturated heterocycles. The van der Waals surface area contributed by atoms with E-state index >= 15 is 0 Å². The summed E-state index contributed by atoms with van der Waals surface area (Å²) in [6.07, 6.45) is 0.198. The van der Waals surface area contributed by atoms with Crippen molar-refractivity contribution in [1.82, 2.24) is 5.32 Å². The van der Waals surface area contributed by atoms with E-state index in [-0.39, 0.29) is 11.9 Å². The number of ether oxygens (including phenoxy) is 2. The largest absolute Gasteiger partial charge is 0.488 e. The number of hydrogen-bond acceptors (Lipinski definition) is 5. The van der Waals surface area contributed by atoms with Gasteiger partial charge in [0.05, 0.1) is 5.56 Å². The lowest BCUT2D eigenvalue weighted by molar-refractivity contribution is 0.0735. The Balaban J connectivity index is 1.46. The number of carbonyl (C=O) groups is 1. The average molecular weight is 361 g/mol. The second-order valence-corrected chi connectivity index (χ2v) is 6.45. The number of nitrogens with two attached hydrogens (primary N) is 1. The molecular formula is C21H19N3O3. The molecule has 0 spiro atoms. The molecule has 0 aliphatic carbocycles. The first-order chi connectivity index (χ1) is 13.1. The molecule has 1 aliphatic rings. The lowest BCUT2D eigenvalue weighted by Crippen LogP contribution is -2.50. The Kier molecular flexibility index (Phi) is 4.48. The van der Waals surface area contributed by atoms with E-state index in [0.29, 0.717) is 16.9 Å². The predicted molar refractivity (Wildman–Crippen MR) is 104 cm³/mol. The van der Waals surface area contributed by atoms with Crippen LogP contribution in [0.1, 0.15) is 15.9 Å². The molecule has 0 saturated carbocycles. The molecule has 0 radical (unpaired) electrons. The molecule has 4 N–H and O–H groups in total. The van der Waals surface area contributed by atoms with Gasteiger partial charge < -0.3 is 20.5 Å². The Labute approximate surface area is 156 Å². The van der Waals surface area contributed by atoms with Crippen molar-refractivity contribution in [2.45, 2.75) is 6.10 Å². The fraction of sp³-hybridized carbons (Fsp3) is 0.143. The molecule has 4 rings (SSSR count). The summed E-state index contributed by atoms with van der Waals surface area (Å²) in [7, 11) is 0. The highest BCUT2D eigenvalue weighted by Gasteiger charge is 2.18. The van der Waals surface area contributed by atoms with Gasteiger partial charge in [0.2, 0.25) is 0 Å². The molecule has 0 atom stereocenters. The van der Waals surface area contributed by atoms with Crippen molar-refractivity contribution in [2.75, 3.05) is 13.1 Å². The first kappa shape index (κ1) is 17.1. The highest BCUT2D eigenvalue weighted by Crippen LogP contribution is 2.23. The molecule has 1 heterocycles. The molecule has 1 fully saturated rings. The van der Waals surface area contributed by atoms with Gasteiger partial charge in [-0.2, -0.15) is 0 Å². The zero-order valence-corrected chi connectivity index (χ0v) is 14.6. The minimum absolute atomic E-state index is 0.0217. The predicted octanol–water partition coefficient (Wildman–Crippen LogP) is 2.69. The third kappa shape index (κ3) is 3.75. The van der Waals surface area contributed by atoms with Crippen molar-refractivity contribution in [3.05, 3.63) is 71.8 Å². The highest BCUT2D eigenvalue weighted by molar-refractivity contribution is 5.99. The Hall–Kier alpha value is -3.38. The number of rotatable bonds is 5. The Bertz CT molecular complexity index is 1010. The van der Waals surface area contributed by atoms with Crippen LogP contribution in [-0.4, -0.2) is 31.0 Å². The SMILES string of the molecule is N=C(N)c1ccc2cc(OC(=O)c3ccc(OC4CNC4)cc3)ccc2c1. The topological polar surface area (TPSA) is 97.4 Å². The molecule has 27 heavy (non-hydrogen) atoms. The number of carbonyl (C=O) groups excluding carboxylic acids is 1. The van der Waals surface area contributed by atoms with E-state index in [1.54, 1.807) is 42.5 Å². The molecule has 136 valence electrons. The first-order valence-electron chi connectivity index (χ1n) is 8.66. The molecular weight excluding hydrogens is 342 g/mol. The van der Waals surface area contributed by atoms with Gasteiger partial charge in [-0.15, -0.1) is 0 Å². The molecule has 3 aromatic carbocycles. The standard InChI is InChI=1S/C21H19N3O3/c22-20(23)16-2-1-15-10-18(8-5-14(15)9-16)27-21(25)13-3-6-17(7-4-13)26-19-11-24-12-19/h1-10,19,24H,11-12H2,(H3,22,23). The summed E-state index contributed by atoms with van der Waals surface area (Å²) in [5.41, 5.74) is 6.63. The monoisotopic (exact) mass is 361 g/mol. The summed E-state index contributed by atoms with van der Waals surface area (Å²) in [6, 6.07) is 17.8. The zero-order chi connectivity index (χ0) is 18.8. The molecule has 0 bridgehead atoms. The number of esters is 1. The maximum absolute atomic E-state index is 12.4. The van der Waals surface area contributed by atoms with Crippen molar-refractivity contribution < 1.29 is 14.3 Å². The van der Waals surface area contributed by atoms with Crippen molar-refractivity contribution >= 4 is 22.6 Å². The molecule has 0 amide bonds. The summed E-state index contributed by atoms with van der Waals surface area (Å²) in [6.45, 7) is 1.69. The van der Waals surface area contributed by atoms with Crippen LogP contribution in [0.15, 0.2) is 60.7 Å². The number of amidine groups is 1. The van der Waals surface area contributed by atoms with Crippen LogP contribution in [0, 0.1) is 5.41 Å². The van der Waals surface area contributed by atoms with Crippen molar-refractivity contribution in [1.29, 1.82) is 5.41 Å². The van der Waals surface area contributed by atoms with E-state index < -0.39 is 5.97 Å².